The Labute approximate surface area is 160 Å². The van der Waals surface area contributed by atoms with Gasteiger partial charge >= 0.3 is 0 Å². The maximum atomic E-state index is 13.3. The molecule has 0 atom stereocenters. The number of guanidine groups is 1. The van der Waals surface area contributed by atoms with Crippen LogP contribution in [0.4, 0.5) is 4.39 Å². The third-order valence-electron chi connectivity index (χ3n) is 4.07. The lowest BCUT2D eigenvalue weighted by atomic mass is 10.1. The van der Waals surface area contributed by atoms with Gasteiger partial charge in [0, 0.05) is 34.2 Å². The third-order valence-corrected chi connectivity index (χ3v) is 5.90. The molecule has 0 saturated heterocycles. The Hall–Kier alpha value is -2.45. The van der Waals surface area contributed by atoms with Crippen LogP contribution in [0, 0.1) is 12.7 Å². The molecule has 2 aromatic carbocycles. The van der Waals surface area contributed by atoms with Crippen LogP contribution in [0.3, 0.4) is 0 Å². The summed E-state index contributed by atoms with van der Waals surface area (Å²) in [7, 11) is 1.25. The highest BCUT2D eigenvalue weighted by atomic mass is 32.2. The van der Waals surface area contributed by atoms with Gasteiger partial charge in [0.05, 0.1) is 4.90 Å². The van der Waals surface area contributed by atoms with Crippen LogP contribution in [0.5, 0.6) is 0 Å². The van der Waals surface area contributed by atoms with Crippen molar-refractivity contribution in [3.63, 3.8) is 0 Å². The smallest absolute Gasteiger partial charge is 0.242 e. The largest absolute Gasteiger partial charge is 0.352 e. The molecule has 0 aliphatic carbocycles. The molecule has 0 amide bonds. The van der Waals surface area contributed by atoms with E-state index in [0.29, 0.717) is 24.6 Å². The van der Waals surface area contributed by atoms with Gasteiger partial charge < -0.3 is 10.6 Å². The number of aryl methyl sites for hydroxylation is 1. The molecule has 0 spiro atoms. The molecular formula is C19H25FN4O2S. The van der Waals surface area contributed by atoms with Crippen molar-refractivity contribution in [1.82, 2.24) is 14.9 Å². The minimum Gasteiger partial charge on any atom is -0.352 e. The van der Waals surface area contributed by atoms with Crippen LogP contribution in [0.25, 0.3) is 0 Å². The van der Waals surface area contributed by atoms with E-state index in [1.54, 1.807) is 50.4 Å². The molecule has 146 valence electrons. The van der Waals surface area contributed by atoms with Gasteiger partial charge in [-0.3, -0.25) is 4.99 Å². The summed E-state index contributed by atoms with van der Waals surface area (Å²) in [5, 5.41) is 6.33. The van der Waals surface area contributed by atoms with Crippen molar-refractivity contribution < 1.29 is 12.8 Å². The average molecular weight is 393 g/mol. The van der Waals surface area contributed by atoms with Gasteiger partial charge in [-0.05, 0) is 41.8 Å². The number of halogens is 1. The monoisotopic (exact) mass is 392 g/mol. The van der Waals surface area contributed by atoms with Gasteiger partial charge in [0.15, 0.2) is 5.96 Å². The Bertz CT molecular complexity index is 910. The van der Waals surface area contributed by atoms with Crippen molar-refractivity contribution in [1.29, 1.82) is 0 Å². The fourth-order valence-corrected chi connectivity index (χ4v) is 3.30. The van der Waals surface area contributed by atoms with E-state index >= 15 is 0 Å². The molecule has 0 fully saturated rings. The molecule has 2 aromatic rings. The third kappa shape index (κ3) is 5.51. The molecule has 2 rings (SSSR count). The molecule has 2 N–H and O–H groups in total. The molecule has 0 aliphatic rings. The molecule has 0 bridgehead atoms. The van der Waals surface area contributed by atoms with Crippen molar-refractivity contribution in [2.24, 2.45) is 4.99 Å². The zero-order valence-corrected chi connectivity index (χ0v) is 16.8. The minimum atomic E-state index is -3.43. The zero-order chi connectivity index (χ0) is 20.0. The summed E-state index contributed by atoms with van der Waals surface area (Å²) in [5.74, 6) is 0.378. The Morgan fingerprint density at radius 3 is 2.11 bits per heavy atom. The van der Waals surface area contributed by atoms with Crippen molar-refractivity contribution >= 4 is 16.0 Å². The van der Waals surface area contributed by atoms with Gasteiger partial charge in [0.1, 0.15) is 5.82 Å². The minimum absolute atomic E-state index is 0.221. The SMILES string of the molecule is CN=C(NCc1ccc(S(=O)(=O)N(C)C)cc1)NCc1ccc(F)c(C)c1. The van der Waals surface area contributed by atoms with Crippen LogP contribution in [-0.4, -0.2) is 39.8 Å². The van der Waals surface area contributed by atoms with Crippen molar-refractivity contribution in [2.75, 3.05) is 21.1 Å². The second-order valence-corrected chi connectivity index (χ2v) is 8.45. The lowest BCUT2D eigenvalue weighted by molar-refractivity contribution is 0.520. The van der Waals surface area contributed by atoms with Crippen LogP contribution < -0.4 is 10.6 Å². The van der Waals surface area contributed by atoms with Crippen LogP contribution in [-0.2, 0) is 23.1 Å². The van der Waals surface area contributed by atoms with Gasteiger partial charge in [-0.1, -0.05) is 24.3 Å². The molecule has 0 heterocycles. The summed E-state index contributed by atoms with van der Waals surface area (Å²) in [6, 6.07) is 11.7. The highest BCUT2D eigenvalue weighted by Crippen LogP contribution is 2.14. The first kappa shape index (κ1) is 20.9. The first-order valence-corrected chi connectivity index (χ1v) is 9.89. The summed E-state index contributed by atoms with van der Waals surface area (Å²) in [4.78, 5) is 4.41. The summed E-state index contributed by atoms with van der Waals surface area (Å²) < 4.78 is 38.7. The van der Waals surface area contributed by atoms with E-state index in [2.05, 4.69) is 15.6 Å². The number of nitrogens with zero attached hydrogens (tertiary/aromatic N) is 2. The predicted molar refractivity (Wildman–Crippen MR) is 105 cm³/mol. The van der Waals surface area contributed by atoms with Crippen molar-refractivity contribution in [3.05, 3.63) is 65.0 Å². The second kappa shape index (κ2) is 8.96. The second-order valence-electron chi connectivity index (χ2n) is 6.29. The van der Waals surface area contributed by atoms with Gasteiger partial charge in [0.2, 0.25) is 10.0 Å². The highest BCUT2D eigenvalue weighted by Gasteiger charge is 2.16. The molecule has 8 heteroatoms. The number of rotatable bonds is 6. The van der Waals surface area contributed by atoms with Gasteiger partial charge in [-0.25, -0.2) is 17.1 Å². The maximum Gasteiger partial charge on any atom is 0.242 e. The van der Waals surface area contributed by atoms with E-state index < -0.39 is 10.0 Å². The highest BCUT2D eigenvalue weighted by molar-refractivity contribution is 7.89. The number of benzene rings is 2. The van der Waals surface area contributed by atoms with E-state index in [1.807, 2.05) is 0 Å². The van der Waals surface area contributed by atoms with E-state index in [1.165, 1.54) is 24.5 Å². The van der Waals surface area contributed by atoms with Gasteiger partial charge in [-0.15, -0.1) is 0 Å². The Morgan fingerprint density at radius 2 is 1.59 bits per heavy atom. The molecule has 0 aromatic heterocycles. The standard InChI is InChI=1S/C19H25FN4O2S/c1-14-11-16(7-10-18(14)20)13-23-19(21-2)22-12-15-5-8-17(9-6-15)27(25,26)24(3)4/h5-11H,12-13H2,1-4H3,(H2,21,22,23). The summed E-state index contributed by atoms with van der Waals surface area (Å²) in [6.07, 6.45) is 0. The Kier molecular flexibility index (Phi) is 6.92. The summed E-state index contributed by atoms with van der Waals surface area (Å²) in [5.41, 5.74) is 2.48. The quantitative estimate of drug-likeness (QED) is 0.584. The zero-order valence-electron chi connectivity index (χ0n) is 16.0. The molecule has 0 saturated carbocycles. The Morgan fingerprint density at radius 1 is 1.04 bits per heavy atom. The van der Waals surface area contributed by atoms with Gasteiger partial charge in [0.25, 0.3) is 0 Å². The van der Waals surface area contributed by atoms with E-state index in [4.69, 9.17) is 0 Å². The fraction of sp³-hybridized carbons (Fsp3) is 0.316. The number of aliphatic imine (C=N–C) groups is 1. The van der Waals surface area contributed by atoms with E-state index in [0.717, 1.165) is 11.1 Å². The average Bonchev–Trinajstić information content (AvgIpc) is 2.65. The van der Waals surface area contributed by atoms with Crippen molar-refractivity contribution in [2.45, 2.75) is 24.9 Å². The van der Waals surface area contributed by atoms with Crippen LogP contribution in [0.2, 0.25) is 0 Å². The van der Waals surface area contributed by atoms with E-state index in [-0.39, 0.29) is 10.7 Å². The molecule has 27 heavy (non-hydrogen) atoms. The number of sulfonamides is 1. The summed E-state index contributed by atoms with van der Waals surface area (Å²) >= 11 is 0. The molecule has 0 unspecified atom stereocenters. The van der Waals surface area contributed by atoms with Crippen LogP contribution >= 0.6 is 0 Å². The summed E-state index contributed by atoms with van der Waals surface area (Å²) in [6.45, 7) is 2.73. The molecule has 0 radical (unpaired) electrons. The van der Waals surface area contributed by atoms with Crippen LogP contribution in [0.15, 0.2) is 52.4 Å². The lowest BCUT2D eigenvalue weighted by Crippen LogP contribution is -2.36. The first-order valence-electron chi connectivity index (χ1n) is 8.45. The fourth-order valence-electron chi connectivity index (χ4n) is 2.40. The van der Waals surface area contributed by atoms with Gasteiger partial charge in [-0.2, -0.15) is 0 Å². The Balaban J connectivity index is 1.93. The normalized spacial score (nSPS) is 12.3. The molecule has 6 nitrogen and oxygen atoms in total. The number of nitrogens with one attached hydrogen (secondary N) is 2. The number of hydrogen-bond acceptors (Lipinski definition) is 3. The van der Waals surface area contributed by atoms with E-state index in [9.17, 15) is 12.8 Å². The predicted octanol–water partition coefficient (Wildman–Crippen LogP) is 2.25. The first-order chi connectivity index (χ1) is 12.7. The molecule has 0 aliphatic heterocycles. The topological polar surface area (TPSA) is 73.8 Å². The molecular weight excluding hydrogens is 367 g/mol. The van der Waals surface area contributed by atoms with Crippen LogP contribution in [0.1, 0.15) is 16.7 Å². The lowest BCUT2D eigenvalue weighted by Gasteiger charge is -2.14. The van der Waals surface area contributed by atoms with Crippen molar-refractivity contribution in [3.8, 4) is 0 Å². The maximum absolute atomic E-state index is 13.3. The number of hydrogen-bond donors (Lipinski definition) is 2.